The highest BCUT2D eigenvalue weighted by Gasteiger charge is 2.04. The van der Waals surface area contributed by atoms with Crippen LogP contribution in [0.25, 0.3) is 0 Å². The van der Waals surface area contributed by atoms with E-state index in [4.69, 9.17) is 14.2 Å². The Hall–Kier alpha value is -1.00. The summed E-state index contributed by atoms with van der Waals surface area (Å²) in [5.74, 6) is 27.5. The van der Waals surface area contributed by atoms with Gasteiger partial charge in [-0.2, -0.15) is 0 Å². The zero-order chi connectivity index (χ0) is 90.2. The van der Waals surface area contributed by atoms with Crippen LogP contribution in [0.4, 0.5) is 0 Å². The molecule has 0 aromatic carbocycles. The zero-order valence-corrected chi connectivity index (χ0v) is 88.5. The molecule has 0 aliphatic rings. The summed E-state index contributed by atoms with van der Waals surface area (Å²) in [6.07, 6.45) is 69.4. The molecule has 0 amide bonds. The van der Waals surface area contributed by atoms with Crippen molar-refractivity contribution in [1.29, 1.82) is 0 Å². The predicted octanol–water partition coefficient (Wildman–Crippen LogP) is 39.9. The van der Waals surface area contributed by atoms with Crippen LogP contribution in [0.5, 0.6) is 0 Å². The van der Waals surface area contributed by atoms with E-state index in [1.807, 2.05) is 0 Å². The highest BCUT2D eigenvalue weighted by Crippen LogP contribution is 2.20. The van der Waals surface area contributed by atoms with Gasteiger partial charge >= 0.3 is 0 Å². The number of rotatable bonds is 65. The van der Waals surface area contributed by atoms with E-state index in [-0.39, 0.29) is 0 Å². The molecular formula is C113H236O3. The molecule has 706 valence electrons. The third-order valence-electron chi connectivity index (χ3n) is 20.6. The van der Waals surface area contributed by atoms with Crippen LogP contribution in [-0.2, 0) is 14.2 Å². The summed E-state index contributed by atoms with van der Waals surface area (Å²) in [6, 6.07) is 0. The zero-order valence-electron chi connectivity index (χ0n) is 88.5. The average Bonchev–Trinajstić information content (AvgIpc) is 1.18. The van der Waals surface area contributed by atoms with Crippen molar-refractivity contribution in [3.8, 4) is 23.7 Å². The molecule has 3 heteroatoms. The van der Waals surface area contributed by atoms with Gasteiger partial charge in [-0.3, -0.25) is 0 Å². The van der Waals surface area contributed by atoms with Crippen molar-refractivity contribution in [3.05, 3.63) is 0 Å². The van der Waals surface area contributed by atoms with Gasteiger partial charge in [-0.1, -0.05) is 556 Å². The van der Waals surface area contributed by atoms with Crippen LogP contribution in [0.3, 0.4) is 0 Å². The second kappa shape index (κ2) is 110. The average molecular weight is 1640 g/mol. The Morgan fingerprint density at radius 3 is 0.483 bits per heavy atom. The molecule has 0 saturated carbocycles. The summed E-state index contributed by atoms with van der Waals surface area (Å²) in [5, 5.41) is 0. The Morgan fingerprint density at radius 1 is 0.138 bits per heavy atom. The van der Waals surface area contributed by atoms with Crippen LogP contribution in [0.15, 0.2) is 0 Å². The standard InChI is InChI=1S/C15H28O3.C15H32.C14H30.C14H26.C13H28.C12H26.C11H24.C10H22.C9H20/c1-14(2)6-5-8-16-10-12-18-13-11-17-9-7-15(3)4;1-14(2)12-10-8-6-5-7-9-11-13-15(3)4;2*1-13(2)11-9-7-5-6-8-10-12-14(3)4;1-12(2)10-8-6-5-7-9-11-13(3)4;1-11(2)9-7-5-6-8-10-12(3)4;1-10(2)8-6-5-7-9-11(3)4;1-9(2)7-5-6-8-10(3)4;1-8(2)6-5-7-9(3)4/h14-15H,7-13H2,1-4H3;14-15H,5-13H2,1-4H3;13-14H,5-12H2,1-4H3;13-14H,5-9,11H2,1-4H3;12-13H,5-11H2,1-4H3;11-12H,5-10H2,1-4H3;10-11H,5-9H2,1-4H3;9-10H,5-8H2,1-4H3;8-9H,5-7H2,1-4H3. The molecule has 0 aliphatic carbocycles. The molecule has 0 radical (unpaired) electrons. The molecule has 0 N–H and O–H groups in total. The second-order valence-electron chi connectivity index (χ2n) is 43.2. The highest BCUT2D eigenvalue weighted by molar-refractivity contribution is 5.01. The SMILES string of the molecule is CC(C)C#CCCCCCCC(C)C.CC(C)C#CCOCCOCCOCCC(C)C.CC(C)CCCC(C)C.CC(C)CCCCC(C)C.CC(C)CCCCCC(C)C.CC(C)CCCCCCC(C)C.CC(C)CCCCCCCC(C)C.CC(C)CCCCCCCCC(C)C.CC(C)CCCCCCCCCC(C)C. The van der Waals surface area contributed by atoms with Crippen molar-refractivity contribution >= 4 is 0 Å². The van der Waals surface area contributed by atoms with Gasteiger partial charge in [0, 0.05) is 24.9 Å². The smallest absolute Gasteiger partial charge is 0.107 e. The summed E-state index contributed by atoms with van der Waals surface area (Å²) >= 11 is 0. The second-order valence-corrected chi connectivity index (χ2v) is 43.2. The van der Waals surface area contributed by atoms with E-state index >= 15 is 0 Å². The third-order valence-corrected chi connectivity index (χ3v) is 20.6. The summed E-state index contributed by atoms with van der Waals surface area (Å²) in [5.41, 5.74) is 0. The molecular weight excluding hydrogens is 1410 g/mol. The van der Waals surface area contributed by atoms with E-state index in [0.29, 0.717) is 50.8 Å². The van der Waals surface area contributed by atoms with E-state index < -0.39 is 0 Å². The minimum Gasteiger partial charge on any atom is -0.379 e. The molecule has 0 aromatic rings. The topological polar surface area (TPSA) is 27.7 Å². The first-order chi connectivity index (χ1) is 54.6. The van der Waals surface area contributed by atoms with Gasteiger partial charge in [0.15, 0.2) is 0 Å². The van der Waals surface area contributed by atoms with Crippen molar-refractivity contribution in [2.75, 3.05) is 39.6 Å². The van der Waals surface area contributed by atoms with Crippen molar-refractivity contribution in [1.82, 2.24) is 0 Å². The Kier molecular flexibility index (Phi) is 126. The Balaban J connectivity index is -0.000000160. The molecule has 0 aliphatic heterocycles. The molecule has 0 saturated heterocycles. The van der Waals surface area contributed by atoms with Gasteiger partial charge in [0.05, 0.1) is 26.4 Å². The maximum atomic E-state index is 5.43. The lowest BCUT2D eigenvalue weighted by Crippen LogP contribution is -2.10. The van der Waals surface area contributed by atoms with E-state index in [2.05, 4.69) is 273 Å². The lowest BCUT2D eigenvalue weighted by Gasteiger charge is -2.07. The quantitative estimate of drug-likeness (QED) is 0.0449. The van der Waals surface area contributed by atoms with Crippen LogP contribution < -0.4 is 0 Å². The van der Waals surface area contributed by atoms with Crippen LogP contribution in [-0.4, -0.2) is 39.6 Å². The van der Waals surface area contributed by atoms with Crippen LogP contribution in [0, 0.1) is 130 Å². The Bertz CT molecular complexity index is 1700. The van der Waals surface area contributed by atoms with Gasteiger partial charge in [0.2, 0.25) is 0 Å². The fourth-order valence-corrected chi connectivity index (χ4v) is 12.7. The van der Waals surface area contributed by atoms with Crippen LogP contribution in [0.1, 0.15) is 564 Å². The van der Waals surface area contributed by atoms with Crippen LogP contribution >= 0.6 is 0 Å². The first-order valence-corrected chi connectivity index (χ1v) is 52.3. The Labute approximate surface area is 743 Å². The molecule has 3 nitrogen and oxygen atoms in total. The fraction of sp³-hybridized carbons (Fsp3) is 0.965. The largest absolute Gasteiger partial charge is 0.379 e. The number of hydrogen-bond donors (Lipinski definition) is 0. The van der Waals surface area contributed by atoms with Crippen molar-refractivity contribution in [2.24, 2.45) is 107 Å². The number of ether oxygens (including phenoxy) is 3. The fourth-order valence-electron chi connectivity index (χ4n) is 12.7. The molecule has 0 aromatic heterocycles. The normalized spacial score (nSPS) is 11.3. The molecule has 0 unspecified atom stereocenters. The summed E-state index contributed by atoms with van der Waals surface area (Å²) in [7, 11) is 0. The van der Waals surface area contributed by atoms with Crippen molar-refractivity contribution in [2.45, 2.75) is 564 Å². The molecule has 0 spiro atoms. The van der Waals surface area contributed by atoms with Crippen molar-refractivity contribution < 1.29 is 14.2 Å². The summed E-state index contributed by atoms with van der Waals surface area (Å²) in [4.78, 5) is 0. The molecule has 0 heterocycles. The molecule has 0 bridgehead atoms. The molecule has 116 heavy (non-hydrogen) atoms. The summed E-state index contributed by atoms with van der Waals surface area (Å²) < 4.78 is 16.1. The Morgan fingerprint density at radius 2 is 0.284 bits per heavy atom. The van der Waals surface area contributed by atoms with Gasteiger partial charge in [-0.25, -0.2) is 0 Å². The van der Waals surface area contributed by atoms with Gasteiger partial charge in [-0.15, -0.1) is 11.8 Å². The lowest BCUT2D eigenvalue weighted by molar-refractivity contribution is 0.0182. The monoisotopic (exact) mass is 1640 g/mol. The van der Waals surface area contributed by atoms with Gasteiger partial charge < -0.3 is 14.2 Å². The van der Waals surface area contributed by atoms with E-state index in [0.717, 1.165) is 108 Å². The van der Waals surface area contributed by atoms with Gasteiger partial charge in [-0.05, 0) is 108 Å². The highest BCUT2D eigenvalue weighted by atomic mass is 16.5. The maximum absolute atomic E-state index is 5.43. The first kappa shape index (κ1) is 133. The third kappa shape index (κ3) is 183. The molecule has 0 fully saturated rings. The van der Waals surface area contributed by atoms with Crippen LogP contribution in [0.2, 0.25) is 0 Å². The van der Waals surface area contributed by atoms with Gasteiger partial charge in [0.25, 0.3) is 0 Å². The number of hydrogen-bond acceptors (Lipinski definition) is 3. The maximum Gasteiger partial charge on any atom is 0.107 e. The number of unbranched alkanes of at least 4 members (excludes halogenated alkanes) is 25. The van der Waals surface area contributed by atoms with E-state index in [1.165, 1.54) is 302 Å². The van der Waals surface area contributed by atoms with Crippen molar-refractivity contribution in [3.63, 3.8) is 0 Å². The minimum atomic E-state index is 0.410. The predicted molar refractivity (Wildman–Crippen MR) is 541 cm³/mol. The molecule has 0 rings (SSSR count). The van der Waals surface area contributed by atoms with E-state index in [1.54, 1.807) is 0 Å². The summed E-state index contributed by atoms with van der Waals surface area (Å²) in [6.45, 7) is 86.0. The lowest BCUT2D eigenvalue weighted by atomic mass is 10.0. The van der Waals surface area contributed by atoms with E-state index in [9.17, 15) is 0 Å². The molecule has 0 atom stereocenters. The minimum absolute atomic E-state index is 0.410. The first-order valence-electron chi connectivity index (χ1n) is 52.3. The van der Waals surface area contributed by atoms with Gasteiger partial charge in [0.1, 0.15) is 6.61 Å².